The number of nitrogens with zero attached hydrogens (tertiary/aromatic N) is 1. The molecule has 0 radical (unpaired) electrons. The van der Waals surface area contributed by atoms with E-state index in [-0.39, 0.29) is 11.7 Å². The lowest BCUT2D eigenvalue weighted by molar-refractivity contribution is -0.125. The topological polar surface area (TPSA) is 68.3 Å². The summed E-state index contributed by atoms with van der Waals surface area (Å²) in [5, 5.41) is 3.52. The smallest absolute Gasteiger partial charge is 0.236 e. The molecule has 4 rings (SSSR count). The van der Waals surface area contributed by atoms with Crippen LogP contribution in [-0.2, 0) is 21.4 Å². The van der Waals surface area contributed by atoms with Crippen LogP contribution in [0, 0.1) is 0 Å². The Bertz CT molecular complexity index is 794. The lowest BCUT2D eigenvalue weighted by atomic mass is 9.73. The van der Waals surface area contributed by atoms with Gasteiger partial charge in [-0.2, -0.15) is 0 Å². The van der Waals surface area contributed by atoms with Crippen LogP contribution < -0.4 is 5.32 Å². The average molecular weight is 356 g/mol. The van der Waals surface area contributed by atoms with Gasteiger partial charge in [-0.15, -0.1) is 0 Å². The van der Waals surface area contributed by atoms with Crippen LogP contribution in [0.1, 0.15) is 46.6 Å². The normalized spacial score (nSPS) is 19.3. The predicted octanol–water partition coefficient (Wildman–Crippen LogP) is 3.35. The molecule has 2 aliphatic rings. The molecule has 0 spiro atoms. The van der Waals surface area contributed by atoms with E-state index in [1.165, 1.54) is 11.3 Å². The third kappa shape index (κ3) is 3.00. The number of nitrogens with one attached hydrogen (secondary N) is 1. The van der Waals surface area contributed by atoms with Crippen molar-refractivity contribution in [3.63, 3.8) is 0 Å². The molecule has 1 amide bonds. The summed E-state index contributed by atoms with van der Waals surface area (Å²) in [6.07, 6.45) is 3.52. The first-order valence-corrected chi connectivity index (χ1v) is 9.48. The summed E-state index contributed by atoms with van der Waals surface area (Å²) in [6, 6.07) is 9.87. The van der Waals surface area contributed by atoms with Crippen molar-refractivity contribution in [3.05, 3.63) is 46.5 Å². The van der Waals surface area contributed by atoms with Crippen molar-refractivity contribution in [2.75, 3.05) is 18.5 Å². The fourth-order valence-electron chi connectivity index (χ4n) is 3.66. The Morgan fingerprint density at radius 2 is 1.92 bits per heavy atom. The van der Waals surface area contributed by atoms with Crippen LogP contribution in [0.5, 0.6) is 0 Å². The van der Waals surface area contributed by atoms with Gasteiger partial charge in [-0.25, -0.2) is 4.98 Å². The molecule has 2 aromatic rings. The van der Waals surface area contributed by atoms with E-state index in [1.807, 2.05) is 30.3 Å². The monoisotopic (exact) mass is 356 g/mol. The second kappa shape index (κ2) is 6.69. The standard InChI is InChI=1S/C19H20N2O3S/c22-15-8-4-7-14-16(15)25-18(20-14)21-17(23)19(9-11-24-12-10-19)13-5-2-1-3-6-13/h1-3,5-6H,4,7-12H2,(H,20,21,23). The number of carbonyl (C=O) groups is 2. The first-order valence-electron chi connectivity index (χ1n) is 8.67. The maximum absolute atomic E-state index is 13.2. The fraction of sp³-hybridized carbons (Fsp3) is 0.421. The van der Waals surface area contributed by atoms with Crippen molar-refractivity contribution in [1.82, 2.24) is 4.98 Å². The Morgan fingerprint density at radius 3 is 2.64 bits per heavy atom. The highest BCUT2D eigenvalue weighted by molar-refractivity contribution is 7.17. The highest BCUT2D eigenvalue weighted by Crippen LogP contribution is 2.37. The number of aromatic nitrogens is 1. The quantitative estimate of drug-likeness (QED) is 0.916. The third-order valence-corrected chi connectivity index (χ3v) is 6.15. The summed E-state index contributed by atoms with van der Waals surface area (Å²) in [6.45, 7) is 1.13. The minimum atomic E-state index is -0.601. The number of thiazole rings is 1. The van der Waals surface area contributed by atoms with E-state index >= 15 is 0 Å². The van der Waals surface area contributed by atoms with Crippen molar-refractivity contribution in [3.8, 4) is 0 Å². The molecular weight excluding hydrogens is 336 g/mol. The minimum Gasteiger partial charge on any atom is -0.381 e. The van der Waals surface area contributed by atoms with Gasteiger partial charge < -0.3 is 10.1 Å². The molecule has 1 aliphatic carbocycles. The zero-order chi connectivity index (χ0) is 17.3. The van der Waals surface area contributed by atoms with Crippen LogP contribution in [0.3, 0.4) is 0 Å². The van der Waals surface area contributed by atoms with Crippen molar-refractivity contribution >= 4 is 28.2 Å². The Kier molecular flexibility index (Phi) is 4.39. The van der Waals surface area contributed by atoms with Gasteiger partial charge in [0.15, 0.2) is 10.9 Å². The van der Waals surface area contributed by atoms with Gasteiger partial charge in [0.1, 0.15) is 0 Å². The molecule has 0 bridgehead atoms. The fourth-order valence-corrected chi connectivity index (χ4v) is 4.64. The second-order valence-electron chi connectivity index (χ2n) is 6.59. The van der Waals surface area contributed by atoms with Gasteiger partial charge in [-0.1, -0.05) is 41.7 Å². The molecule has 1 aliphatic heterocycles. The number of rotatable bonds is 3. The highest BCUT2D eigenvalue weighted by Gasteiger charge is 2.42. The molecule has 0 atom stereocenters. The van der Waals surface area contributed by atoms with E-state index < -0.39 is 5.41 Å². The number of hydrogen-bond acceptors (Lipinski definition) is 5. The number of amides is 1. The first kappa shape index (κ1) is 16.4. The molecule has 5 nitrogen and oxygen atoms in total. The number of carbonyl (C=O) groups excluding carboxylic acids is 2. The van der Waals surface area contributed by atoms with Crippen molar-refractivity contribution in [2.45, 2.75) is 37.5 Å². The average Bonchev–Trinajstić information content (AvgIpc) is 3.07. The molecule has 130 valence electrons. The Hall–Kier alpha value is -2.05. The van der Waals surface area contributed by atoms with Gasteiger partial charge in [0, 0.05) is 19.6 Å². The number of ether oxygens (including phenoxy) is 1. The Morgan fingerprint density at radius 1 is 1.16 bits per heavy atom. The minimum absolute atomic E-state index is 0.0551. The Balaban J connectivity index is 1.63. The van der Waals surface area contributed by atoms with Crippen LogP contribution in [-0.4, -0.2) is 29.9 Å². The zero-order valence-corrected chi connectivity index (χ0v) is 14.7. The van der Waals surface area contributed by atoms with Gasteiger partial charge in [0.2, 0.25) is 5.91 Å². The highest BCUT2D eigenvalue weighted by atomic mass is 32.1. The van der Waals surface area contributed by atoms with E-state index in [1.54, 1.807) is 0 Å². The SMILES string of the molecule is O=C1CCCc2nc(NC(=O)C3(c4ccccc4)CCOCC3)sc21. The summed E-state index contributed by atoms with van der Waals surface area (Å²) < 4.78 is 5.49. The number of fused-ring (bicyclic) bond motifs is 1. The maximum atomic E-state index is 13.2. The molecule has 0 saturated carbocycles. The number of ketones is 1. The third-order valence-electron chi connectivity index (χ3n) is 5.10. The zero-order valence-electron chi connectivity index (χ0n) is 13.9. The van der Waals surface area contributed by atoms with Gasteiger partial charge in [0.05, 0.1) is 16.0 Å². The summed E-state index contributed by atoms with van der Waals surface area (Å²) in [4.78, 5) is 30.4. The molecule has 6 heteroatoms. The van der Waals surface area contributed by atoms with E-state index in [2.05, 4.69) is 10.3 Å². The molecule has 2 heterocycles. The molecule has 1 fully saturated rings. The predicted molar refractivity (Wildman–Crippen MR) is 96.2 cm³/mol. The number of aryl methyl sites for hydroxylation is 1. The van der Waals surface area contributed by atoms with E-state index in [0.717, 1.165) is 24.1 Å². The maximum Gasteiger partial charge on any atom is 0.236 e. The van der Waals surface area contributed by atoms with Crippen LogP contribution in [0.4, 0.5) is 5.13 Å². The molecule has 1 N–H and O–H groups in total. The summed E-state index contributed by atoms with van der Waals surface area (Å²) in [5.74, 6) is 0.0867. The van der Waals surface area contributed by atoms with Crippen LogP contribution in [0.25, 0.3) is 0 Å². The second-order valence-corrected chi connectivity index (χ2v) is 7.59. The Labute approximate surface area is 150 Å². The van der Waals surface area contributed by atoms with Gasteiger partial charge >= 0.3 is 0 Å². The number of hydrogen-bond donors (Lipinski definition) is 1. The first-order chi connectivity index (χ1) is 12.2. The van der Waals surface area contributed by atoms with Crippen molar-refractivity contribution in [2.24, 2.45) is 0 Å². The molecular formula is C19H20N2O3S. The largest absolute Gasteiger partial charge is 0.381 e. The van der Waals surface area contributed by atoms with Gasteiger partial charge in [-0.3, -0.25) is 9.59 Å². The van der Waals surface area contributed by atoms with Crippen LogP contribution in [0.15, 0.2) is 30.3 Å². The van der Waals surface area contributed by atoms with Gasteiger partial charge in [0.25, 0.3) is 0 Å². The number of Topliss-reactive ketones (excluding diaryl/α,β-unsaturated/α-hetero) is 1. The van der Waals surface area contributed by atoms with Crippen LogP contribution in [0.2, 0.25) is 0 Å². The molecule has 1 saturated heterocycles. The van der Waals surface area contributed by atoms with E-state index in [0.29, 0.717) is 42.5 Å². The van der Waals surface area contributed by atoms with Crippen LogP contribution >= 0.6 is 11.3 Å². The summed E-state index contributed by atoms with van der Waals surface area (Å²) >= 11 is 1.31. The molecule has 1 aromatic carbocycles. The lowest BCUT2D eigenvalue weighted by Crippen LogP contribution is -2.44. The summed E-state index contributed by atoms with van der Waals surface area (Å²) in [5.41, 5.74) is 1.24. The molecule has 25 heavy (non-hydrogen) atoms. The van der Waals surface area contributed by atoms with Gasteiger partial charge in [-0.05, 0) is 31.2 Å². The van der Waals surface area contributed by atoms with E-state index in [9.17, 15) is 9.59 Å². The van der Waals surface area contributed by atoms with E-state index in [4.69, 9.17) is 4.74 Å². The van der Waals surface area contributed by atoms with Crippen molar-refractivity contribution < 1.29 is 14.3 Å². The molecule has 1 aromatic heterocycles. The number of benzene rings is 1. The number of anilines is 1. The lowest BCUT2D eigenvalue weighted by Gasteiger charge is -2.35. The molecule has 0 unspecified atom stereocenters. The van der Waals surface area contributed by atoms with Crippen molar-refractivity contribution in [1.29, 1.82) is 0 Å². The summed E-state index contributed by atoms with van der Waals surface area (Å²) in [7, 11) is 0.